The molecule has 37 heavy (non-hydrogen) atoms. The number of carbonyl (C=O) groups is 1. The van der Waals surface area contributed by atoms with Gasteiger partial charge in [-0.2, -0.15) is 0 Å². The van der Waals surface area contributed by atoms with Crippen molar-refractivity contribution in [3.05, 3.63) is 95.1 Å². The van der Waals surface area contributed by atoms with E-state index in [1.807, 2.05) is 26.0 Å². The molecule has 0 aliphatic carbocycles. The van der Waals surface area contributed by atoms with Crippen LogP contribution in [0.5, 0.6) is 0 Å². The number of halogens is 2. The summed E-state index contributed by atoms with van der Waals surface area (Å²) < 4.78 is 32.4. The van der Waals surface area contributed by atoms with E-state index in [0.29, 0.717) is 18.1 Å². The first-order valence-electron chi connectivity index (χ1n) is 12.8. The van der Waals surface area contributed by atoms with E-state index in [2.05, 4.69) is 35.2 Å². The average Bonchev–Trinajstić information content (AvgIpc) is 2.83. The van der Waals surface area contributed by atoms with Crippen LogP contribution in [0.1, 0.15) is 68.3 Å². The molecule has 2 N–H and O–H groups in total. The lowest BCUT2D eigenvalue weighted by Crippen LogP contribution is -2.46. The minimum Gasteiger partial charge on any atom is -0.376 e. The predicted molar refractivity (Wildman–Crippen MR) is 145 cm³/mol. The molecule has 0 radical (unpaired) electrons. The molecule has 1 amide bonds. The van der Waals surface area contributed by atoms with Crippen molar-refractivity contribution in [1.29, 1.82) is 0 Å². The number of nitrogens with zero attached hydrogens (tertiary/aromatic N) is 1. The van der Waals surface area contributed by atoms with Crippen LogP contribution in [0.15, 0.2) is 77.3 Å². The van der Waals surface area contributed by atoms with Gasteiger partial charge in [0.25, 0.3) is 5.91 Å². The molecule has 198 valence electrons. The second kappa shape index (κ2) is 13.8. The lowest BCUT2D eigenvalue weighted by Gasteiger charge is -2.26. The molecule has 3 rings (SSSR count). The van der Waals surface area contributed by atoms with Gasteiger partial charge < -0.3 is 10.1 Å². The van der Waals surface area contributed by atoms with Crippen LogP contribution in [0.25, 0.3) is 0 Å². The molecule has 0 saturated carbocycles. The summed E-state index contributed by atoms with van der Waals surface area (Å²) in [5.41, 5.74) is 3.63. The van der Waals surface area contributed by atoms with Crippen LogP contribution in [0.3, 0.4) is 0 Å². The molecule has 0 aromatic heterocycles. The van der Waals surface area contributed by atoms with E-state index < -0.39 is 5.82 Å². The van der Waals surface area contributed by atoms with Crippen molar-refractivity contribution < 1.29 is 18.3 Å². The Morgan fingerprint density at radius 3 is 2.32 bits per heavy atom. The molecule has 2 aromatic carbocycles. The number of benzene rings is 2. The average molecular weight is 510 g/mol. The summed E-state index contributed by atoms with van der Waals surface area (Å²) in [6, 6.07) is 11.9. The fourth-order valence-electron chi connectivity index (χ4n) is 4.25. The molecule has 2 aromatic rings. The SMILES string of the molecule is C=C(C)C(=CCC(CC(C)NC(=NCC1CCO1)NC(=O)c1ccc(F)cc1)c1ccc(F)cc1)CC. The highest BCUT2D eigenvalue weighted by Gasteiger charge is 2.20. The third kappa shape index (κ3) is 8.93. The Morgan fingerprint density at radius 1 is 1.16 bits per heavy atom. The molecule has 1 aliphatic heterocycles. The summed E-state index contributed by atoms with van der Waals surface area (Å²) in [7, 11) is 0. The normalized spacial score (nSPS) is 17.5. The molecule has 5 nitrogen and oxygen atoms in total. The van der Waals surface area contributed by atoms with E-state index in [1.54, 1.807) is 0 Å². The molecule has 1 heterocycles. The summed E-state index contributed by atoms with van der Waals surface area (Å²) in [5.74, 6) is -0.579. The maximum atomic E-state index is 13.6. The van der Waals surface area contributed by atoms with E-state index in [1.165, 1.54) is 42.0 Å². The van der Waals surface area contributed by atoms with E-state index in [-0.39, 0.29) is 29.8 Å². The van der Waals surface area contributed by atoms with Gasteiger partial charge in [0.15, 0.2) is 5.96 Å². The number of guanidine groups is 1. The Labute approximate surface area is 218 Å². The first-order valence-corrected chi connectivity index (χ1v) is 12.8. The number of hydrogen-bond donors (Lipinski definition) is 2. The lowest BCUT2D eigenvalue weighted by molar-refractivity contribution is -0.0433. The second-order valence-electron chi connectivity index (χ2n) is 9.56. The van der Waals surface area contributed by atoms with Gasteiger partial charge in [-0.3, -0.25) is 15.1 Å². The van der Waals surface area contributed by atoms with Crippen molar-refractivity contribution in [2.24, 2.45) is 4.99 Å². The van der Waals surface area contributed by atoms with Crippen molar-refractivity contribution in [3.8, 4) is 0 Å². The predicted octanol–water partition coefficient (Wildman–Crippen LogP) is 6.29. The molecule has 1 fully saturated rings. The van der Waals surface area contributed by atoms with E-state index in [0.717, 1.165) is 43.4 Å². The standard InChI is InChI=1S/C30H37F2N3O2/c1-5-22(20(2)3)6-7-25(23-8-12-26(31)13-9-23)18-21(4)34-30(33-19-28-16-17-37-28)35-29(36)24-10-14-27(32)15-11-24/h6,8-15,21,25,28H,2,5,7,16-19H2,1,3-4H3,(H2,33,34,35,36). The van der Waals surface area contributed by atoms with Crippen molar-refractivity contribution in [2.45, 2.75) is 64.5 Å². The zero-order valence-corrected chi connectivity index (χ0v) is 21.9. The lowest BCUT2D eigenvalue weighted by atomic mass is 9.88. The summed E-state index contributed by atoms with van der Waals surface area (Å²) in [6.07, 6.45) is 5.58. The van der Waals surface area contributed by atoms with Crippen LogP contribution in [-0.2, 0) is 4.74 Å². The van der Waals surface area contributed by atoms with Crippen LogP contribution >= 0.6 is 0 Å². The van der Waals surface area contributed by atoms with Crippen LogP contribution in [0.2, 0.25) is 0 Å². The van der Waals surface area contributed by atoms with Crippen molar-refractivity contribution in [3.63, 3.8) is 0 Å². The maximum Gasteiger partial charge on any atom is 0.257 e. The zero-order valence-electron chi connectivity index (χ0n) is 21.9. The van der Waals surface area contributed by atoms with Gasteiger partial charge in [-0.1, -0.05) is 37.3 Å². The number of rotatable bonds is 11. The van der Waals surface area contributed by atoms with Gasteiger partial charge in [-0.15, -0.1) is 0 Å². The summed E-state index contributed by atoms with van der Waals surface area (Å²) in [6.45, 7) is 11.4. The van der Waals surface area contributed by atoms with E-state index in [4.69, 9.17) is 4.74 Å². The third-order valence-corrected chi connectivity index (χ3v) is 6.53. The quantitative estimate of drug-likeness (QED) is 0.212. The van der Waals surface area contributed by atoms with Crippen molar-refractivity contribution in [1.82, 2.24) is 10.6 Å². The Morgan fingerprint density at radius 2 is 1.78 bits per heavy atom. The summed E-state index contributed by atoms with van der Waals surface area (Å²) in [5, 5.41) is 6.18. The fourth-order valence-corrected chi connectivity index (χ4v) is 4.25. The molecule has 1 aliphatic rings. The van der Waals surface area contributed by atoms with Gasteiger partial charge in [-0.25, -0.2) is 8.78 Å². The highest BCUT2D eigenvalue weighted by atomic mass is 19.1. The molecular weight excluding hydrogens is 472 g/mol. The molecule has 3 atom stereocenters. The van der Waals surface area contributed by atoms with Gasteiger partial charge >= 0.3 is 0 Å². The topological polar surface area (TPSA) is 62.7 Å². The minimum atomic E-state index is -0.405. The van der Waals surface area contributed by atoms with E-state index in [9.17, 15) is 13.6 Å². The van der Waals surface area contributed by atoms with Crippen molar-refractivity contribution in [2.75, 3.05) is 13.2 Å². The fraction of sp³-hybridized carbons (Fsp3) is 0.400. The van der Waals surface area contributed by atoms with Gasteiger partial charge in [0, 0.05) is 18.2 Å². The largest absolute Gasteiger partial charge is 0.376 e. The third-order valence-electron chi connectivity index (χ3n) is 6.53. The zero-order chi connectivity index (χ0) is 26.8. The highest BCUT2D eigenvalue weighted by Crippen LogP contribution is 2.28. The van der Waals surface area contributed by atoms with Crippen LogP contribution in [-0.4, -0.2) is 37.2 Å². The molecule has 0 spiro atoms. The minimum absolute atomic E-state index is 0.0431. The second-order valence-corrected chi connectivity index (χ2v) is 9.56. The van der Waals surface area contributed by atoms with Gasteiger partial charge in [-0.05, 0) is 93.0 Å². The van der Waals surface area contributed by atoms with Gasteiger partial charge in [0.05, 0.1) is 12.6 Å². The summed E-state index contributed by atoms with van der Waals surface area (Å²) >= 11 is 0. The molecule has 0 bridgehead atoms. The first-order chi connectivity index (χ1) is 17.7. The Balaban J connectivity index is 1.74. The molecule has 3 unspecified atom stereocenters. The number of hydrogen-bond acceptors (Lipinski definition) is 3. The molecule has 7 heteroatoms. The maximum absolute atomic E-state index is 13.6. The highest BCUT2D eigenvalue weighted by molar-refractivity contribution is 6.05. The van der Waals surface area contributed by atoms with Gasteiger partial charge in [0.2, 0.25) is 0 Å². The summed E-state index contributed by atoms with van der Waals surface area (Å²) in [4.78, 5) is 17.4. The molecule has 1 saturated heterocycles. The Hall–Kier alpha value is -3.32. The smallest absolute Gasteiger partial charge is 0.257 e. The number of ether oxygens (including phenoxy) is 1. The molecular formula is C30H37F2N3O2. The monoisotopic (exact) mass is 509 g/mol. The van der Waals surface area contributed by atoms with Crippen LogP contribution < -0.4 is 10.6 Å². The van der Waals surface area contributed by atoms with Crippen molar-refractivity contribution >= 4 is 11.9 Å². The number of nitrogens with one attached hydrogen (secondary N) is 2. The number of aliphatic imine (C=N–C) groups is 1. The van der Waals surface area contributed by atoms with E-state index >= 15 is 0 Å². The number of amides is 1. The number of carbonyl (C=O) groups excluding carboxylic acids is 1. The van der Waals surface area contributed by atoms with Gasteiger partial charge in [0.1, 0.15) is 11.6 Å². The first kappa shape index (κ1) is 28.3. The van der Waals surface area contributed by atoms with Crippen LogP contribution in [0, 0.1) is 11.6 Å². The van der Waals surface area contributed by atoms with Crippen LogP contribution in [0.4, 0.5) is 8.78 Å². The Bertz CT molecular complexity index is 1110. The Kier molecular flexibility index (Phi) is 10.6. The number of allylic oxidation sites excluding steroid dienone is 3.